The molecular weight excluding hydrogens is 511 g/mol. The number of ketones is 1. The van der Waals surface area contributed by atoms with Gasteiger partial charge in [0, 0.05) is 42.3 Å². The molecule has 0 bridgehead atoms. The van der Waals surface area contributed by atoms with Crippen molar-refractivity contribution < 1.29 is 41.4 Å². The van der Waals surface area contributed by atoms with Gasteiger partial charge in [-0.15, -0.1) is 0 Å². The van der Waals surface area contributed by atoms with Gasteiger partial charge in [0.2, 0.25) is 0 Å². The molecule has 1 aliphatic carbocycles. The molecule has 5 N–H and O–H groups in total. The molecule has 3 heterocycles. The van der Waals surface area contributed by atoms with Crippen LogP contribution in [0, 0.1) is 0 Å². The number of rotatable bonds is 5. The second-order valence-electron chi connectivity index (χ2n) is 8.45. The summed E-state index contributed by atoms with van der Waals surface area (Å²) in [6.45, 7) is 0. The molecule has 2 aliphatic rings. The lowest BCUT2D eigenvalue weighted by Gasteiger charge is -2.32. The molecule has 198 valence electrons. The lowest BCUT2D eigenvalue weighted by Crippen LogP contribution is -2.37. The Bertz CT molecular complexity index is 1530. The first kappa shape index (κ1) is 24.9. The van der Waals surface area contributed by atoms with Gasteiger partial charge in [0.1, 0.15) is 23.4 Å². The predicted octanol–water partition coefficient (Wildman–Crippen LogP) is 3.34. The maximum Gasteiger partial charge on any atom is 0.490 e. The van der Waals surface area contributed by atoms with Crippen molar-refractivity contribution in [3.05, 3.63) is 59.1 Å². The minimum atomic E-state index is -5.19. The fraction of sp³-hybridized carbons (Fsp3) is 0.250. The minimum absolute atomic E-state index is 0.0332. The number of fused-ring (bicyclic) bond motifs is 1. The number of nitrogens with two attached hydrogens (primary N) is 2. The average molecular weight is 531 g/mol. The van der Waals surface area contributed by atoms with E-state index in [-0.39, 0.29) is 46.8 Å². The van der Waals surface area contributed by atoms with E-state index >= 15 is 0 Å². The third kappa shape index (κ3) is 4.55. The fourth-order valence-corrected chi connectivity index (χ4v) is 4.38. The Morgan fingerprint density at radius 2 is 2.03 bits per heavy atom. The van der Waals surface area contributed by atoms with Gasteiger partial charge in [0.15, 0.2) is 5.78 Å². The molecule has 0 amide bonds. The minimum Gasteiger partial charge on any atom is -0.497 e. The summed E-state index contributed by atoms with van der Waals surface area (Å²) in [5.41, 5.74) is 13.6. The van der Waals surface area contributed by atoms with Gasteiger partial charge in [0.25, 0.3) is 5.95 Å². The second-order valence-corrected chi connectivity index (χ2v) is 8.45. The molecule has 0 radical (unpaired) electrons. The van der Waals surface area contributed by atoms with Crippen LogP contribution in [0.5, 0.6) is 17.7 Å². The second kappa shape index (κ2) is 9.28. The number of hydrogen-bond acceptors (Lipinski definition) is 10. The number of alkyl halides is 3. The van der Waals surface area contributed by atoms with E-state index in [1.807, 2.05) is 0 Å². The number of methoxy groups -OCH3 is 1. The van der Waals surface area contributed by atoms with E-state index < -0.39 is 36.4 Å². The first-order chi connectivity index (χ1) is 18.1. The highest BCUT2D eigenvalue weighted by molar-refractivity contribution is 6.08. The first-order valence-electron chi connectivity index (χ1n) is 11.2. The van der Waals surface area contributed by atoms with Crippen molar-refractivity contribution in [1.29, 1.82) is 0 Å². The predicted molar refractivity (Wildman–Crippen MR) is 125 cm³/mol. The van der Waals surface area contributed by atoms with Crippen LogP contribution >= 0.6 is 0 Å². The number of carbonyl (C=O) groups excluding carboxylic acids is 2. The Labute approximate surface area is 211 Å². The maximum atomic E-state index is 13.1. The molecule has 5 rings (SSSR count). The van der Waals surface area contributed by atoms with Crippen molar-refractivity contribution in [2.75, 3.05) is 7.11 Å². The van der Waals surface area contributed by atoms with E-state index in [9.17, 15) is 22.8 Å². The maximum absolute atomic E-state index is 13.1. The van der Waals surface area contributed by atoms with Gasteiger partial charge in [-0.2, -0.15) is 18.2 Å². The van der Waals surface area contributed by atoms with E-state index in [4.69, 9.17) is 25.4 Å². The number of allylic oxidation sites excluding steroid dienone is 1. The molecule has 0 fully saturated rings. The number of imidazole rings is 1. The van der Waals surface area contributed by atoms with E-state index in [0.29, 0.717) is 16.8 Å². The fourth-order valence-electron chi connectivity index (χ4n) is 4.38. The molecular formula is C24H20F3N5O6. The number of furan rings is 1. The SMILES string of the molecule is COc1ccc2nc(Oc3ccc(C4C5=C(CC(OC(=O)C(F)(F)F)CC5=O)N=C(N)/C4=C\N)o3)[nH]c2c1. The van der Waals surface area contributed by atoms with Crippen LogP contribution in [-0.4, -0.2) is 46.9 Å². The Hall–Kier alpha value is -4.75. The summed E-state index contributed by atoms with van der Waals surface area (Å²) in [6.07, 6.45) is -6.09. The van der Waals surface area contributed by atoms with Crippen molar-refractivity contribution in [2.24, 2.45) is 16.5 Å². The van der Waals surface area contributed by atoms with Gasteiger partial charge >= 0.3 is 18.2 Å². The van der Waals surface area contributed by atoms with Crippen LogP contribution in [0.2, 0.25) is 0 Å². The van der Waals surface area contributed by atoms with Crippen molar-refractivity contribution in [2.45, 2.75) is 31.0 Å². The number of halogens is 3. The monoisotopic (exact) mass is 531 g/mol. The highest BCUT2D eigenvalue weighted by Gasteiger charge is 2.45. The van der Waals surface area contributed by atoms with Crippen LogP contribution in [0.25, 0.3) is 11.0 Å². The van der Waals surface area contributed by atoms with Crippen LogP contribution in [0.1, 0.15) is 24.5 Å². The molecule has 38 heavy (non-hydrogen) atoms. The standard InChI is InChI=1S/C24H20F3N5O6/c1-35-10-2-3-13-14(6-10)32-23(31-13)38-18-5-4-17(37-18)19-12(9-28)21(29)30-15-7-11(8-16(33)20(15)19)36-22(34)24(25,26)27/h2-6,9,11,19H,7-8,28H2,1H3,(H2,29,30)(H,31,32)/b12-9-. The number of benzene rings is 1. The third-order valence-electron chi connectivity index (χ3n) is 6.03. The molecule has 0 saturated heterocycles. The number of nitrogens with zero attached hydrogens (tertiary/aromatic N) is 2. The number of Topliss-reactive ketones (excluding diaryl/α,β-unsaturated/α-hetero) is 1. The van der Waals surface area contributed by atoms with E-state index in [1.165, 1.54) is 12.3 Å². The number of aromatic nitrogens is 2. The number of amidine groups is 1. The normalized spacial score (nSPS) is 20.9. The molecule has 3 aromatic rings. The zero-order valence-electron chi connectivity index (χ0n) is 19.7. The molecule has 2 unspecified atom stereocenters. The molecule has 0 spiro atoms. The number of ether oxygens (including phenoxy) is 3. The summed E-state index contributed by atoms with van der Waals surface area (Å²) < 4.78 is 59.2. The van der Waals surface area contributed by atoms with Crippen molar-refractivity contribution in [3.8, 4) is 17.7 Å². The Balaban J connectivity index is 1.43. The zero-order valence-corrected chi connectivity index (χ0v) is 19.7. The van der Waals surface area contributed by atoms with Crippen molar-refractivity contribution >= 4 is 28.6 Å². The summed E-state index contributed by atoms with van der Waals surface area (Å²) >= 11 is 0. The number of aliphatic imine (C=N–C) groups is 1. The van der Waals surface area contributed by atoms with Gasteiger partial charge in [-0.1, -0.05) is 0 Å². The van der Waals surface area contributed by atoms with Gasteiger partial charge in [-0.05, 0) is 18.2 Å². The summed E-state index contributed by atoms with van der Waals surface area (Å²) in [4.78, 5) is 35.8. The van der Waals surface area contributed by atoms with E-state index in [2.05, 4.69) is 19.7 Å². The Kier molecular flexibility index (Phi) is 6.09. The quantitative estimate of drug-likeness (QED) is 0.418. The van der Waals surface area contributed by atoms with Crippen LogP contribution in [0.3, 0.4) is 0 Å². The van der Waals surface area contributed by atoms with Crippen LogP contribution < -0.4 is 20.9 Å². The van der Waals surface area contributed by atoms with Crippen molar-refractivity contribution in [1.82, 2.24) is 9.97 Å². The van der Waals surface area contributed by atoms with E-state index in [1.54, 1.807) is 31.4 Å². The molecule has 2 atom stereocenters. The largest absolute Gasteiger partial charge is 0.497 e. The number of carbonyl (C=O) groups is 2. The molecule has 0 saturated carbocycles. The third-order valence-corrected chi connectivity index (χ3v) is 6.03. The Morgan fingerprint density at radius 3 is 2.74 bits per heavy atom. The number of esters is 1. The molecule has 1 aliphatic heterocycles. The smallest absolute Gasteiger partial charge is 0.490 e. The topological polar surface area (TPSA) is 168 Å². The number of nitrogens with one attached hydrogen (secondary N) is 1. The summed E-state index contributed by atoms with van der Waals surface area (Å²) in [6, 6.07) is 8.41. The summed E-state index contributed by atoms with van der Waals surface area (Å²) in [5.74, 6) is -3.06. The highest BCUT2D eigenvalue weighted by atomic mass is 19.4. The van der Waals surface area contributed by atoms with Crippen LogP contribution in [-0.2, 0) is 14.3 Å². The van der Waals surface area contributed by atoms with Gasteiger partial charge < -0.3 is 35.1 Å². The summed E-state index contributed by atoms with van der Waals surface area (Å²) in [7, 11) is 1.54. The van der Waals surface area contributed by atoms with Gasteiger partial charge in [-0.3, -0.25) is 4.79 Å². The number of H-pyrrole nitrogens is 1. The molecule has 11 nitrogen and oxygen atoms in total. The lowest BCUT2D eigenvalue weighted by molar-refractivity contribution is -0.205. The molecule has 2 aromatic heterocycles. The van der Waals surface area contributed by atoms with Crippen LogP contribution in [0.15, 0.2) is 62.8 Å². The number of aromatic amines is 1. The average Bonchev–Trinajstić information content (AvgIpc) is 3.48. The van der Waals surface area contributed by atoms with Gasteiger partial charge in [-0.25, -0.2) is 9.79 Å². The molecule has 14 heteroatoms. The first-order valence-corrected chi connectivity index (χ1v) is 11.2. The van der Waals surface area contributed by atoms with E-state index in [0.717, 1.165) is 0 Å². The van der Waals surface area contributed by atoms with Crippen molar-refractivity contribution in [3.63, 3.8) is 0 Å². The molecule has 1 aromatic carbocycles. The lowest BCUT2D eigenvalue weighted by atomic mass is 9.78. The Morgan fingerprint density at radius 1 is 1.24 bits per heavy atom. The van der Waals surface area contributed by atoms with Gasteiger partial charge in [0.05, 0.1) is 29.8 Å². The highest BCUT2D eigenvalue weighted by Crippen LogP contribution is 2.44. The zero-order chi connectivity index (χ0) is 27.2. The number of hydrogen-bond donors (Lipinski definition) is 3. The van der Waals surface area contributed by atoms with Crippen LogP contribution in [0.4, 0.5) is 13.2 Å². The summed E-state index contributed by atoms with van der Waals surface area (Å²) in [5, 5.41) is 0.